The zero-order valence-corrected chi connectivity index (χ0v) is 15.4. The smallest absolute Gasteiger partial charge is 0.335 e. The van der Waals surface area contributed by atoms with Gasteiger partial charge in [0.1, 0.15) is 27.5 Å². The van der Waals surface area contributed by atoms with E-state index in [2.05, 4.69) is 10.5 Å². The predicted octanol–water partition coefficient (Wildman–Crippen LogP) is 3.23. The van der Waals surface area contributed by atoms with Crippen LogP contribution in [0.4, 0.5) is 5.00 Å². The summed E-state index contributed by atoms with van der Waals surface area (Å²) in [4.78, 5) is 23.6. The summed E-state index contributed by atoms with van der Waals surface area (Å²) >= 11 is 1.02. The van der Waals surface area contributed by atoms with Gasteiger partial charge in [0.15, 0.2) is 0 Å². The quantitative estimate of drug-likeness (QED) is 0.448. The molecule has 0 aliphatic carbocycles. The van der Waals surface area contributed by atoms with Crippen molar-refractivity contribution < 1.29 is 19.1 Å². The molecule has 0 radical (unpaired) electrons. The Morgan fingerprint density at radius 1 is 1.36 bits per heavy atom. The molecule has 0 unspecified atom stereocenters. The number of nitrogens with two attached hydrogens (primary N) is 1. The van der Waals surface area contributed by atoms with Crippen molar-refractivity contribution in [3.05, 3.63) is 63.7 Å². The maximum absolute atomic E-state index is 12.2. The Balaban J connectivity index is 1.71. The molecule has 0 bridgehead atoms. The lowest BCUT2D eigenvalue weighted by molar-refractivity contribution is 0.0696. The van der Waals surface area contributed by atoms with Gasteiger partial charge in [0, 0.05) is 5.56 Å². The number of carbonyl (C=O) groups is 2. The van der Waals surface area contributed by atoms with Crippen molar-refractivity contribution in [2.75, 3.05) is 5.73 Å². The number of nitrogens with zero attached hydrogens (tertiary/aromatic N) is 2. The lowest BCUT2D eigenvalue weighted by atomic mass is 10.1. The number of hydrazone groups is 1. The minimum absolute atomic E-state index is 0.152. The number of anilines is 1. The predicted molar refractivity (Wildman–Crippen MR) is 104 cm³/mol. The summed E-state index contributed by atoms with van der Waals surface area (Å²) in [7, 11) is 0. The second-order valence-corrected chi connectivity index (χ2v) is 6.75. The summed E-state index contributed by atoms with van der Waals surface area (Å²) in [5.41, 5.74) is 9.65. The summed E-state index contributed by atoms with van der Waals surface area (Å²) in [6.07, 6.45) is 1.32. The number of amides is 1. The number of carboxylic acid groups (broad SMARTS) is 1. The van der Waals surface area contributed by atoms with Gasteiger partial charge in [-0.3, -0.25) is 4.79 Å². The third-order valence-corrected chi connectivity index (χ3v) is 4.99. The number of nitrogens with one attached hydrogen (secondary N) is 1. The van der Waals surface area contributed by atoms with Crippen LogP contribution in [0, 0.1) is 18.3 Å². The van der Waals surface area contributed by atoms with E-state index in [1.165, 1.54) is 18.3 Å². The highest BCUT2D eigenvalue weighted by Crippen LogP contribution is 2.29. The van der Waals surface area contributed by atoms with Gasteiger partial charge < -0.3 is 15.3 Å². The summed E-state index contributed by atoms with van der Waals surface area (Å²) in [6, 6.07) is 11.6. The molecule has 9 heteroatoms. The fourth-order valence-electron chi connectivity index (χ4n) is 2.48. The molecule has 1 amide bonds. The first-order valence-electron chi connectivity index (χ1n) is 7.96. The van der Waals surface area contributed by atoms with Crippen LogP contribution in [-0.4, -0.2) is 23.2 Å². The largest absolute Gasteiger partial charge is 0.478 e. The Kier molecular flexibility index (Phi) is 5.24. The van der Waals surface area contributed by atoms with E-state index in [1.807, 2.05) is 6.07 Å². The third kappa shape index (κ3) is 3.77. The minimum atomic E-state index is -1.03. The van der Waals surface area contributed by atoms with E-state index >= 15 is 0 Å². The molecule has 3 aromatic rings. The number of hydrogen-bond acceptors (Lipinski definition) is 7. The molecule has 1 aromatic carbocycles. The normalized spacial score (nSPS) is 10.7. The highest BCUT2D eigenvalue weighted by Gasteiger charge is 2.18. The molecule has 140 valence electrons. The summed E-state index contributed by atoms with van der Waals surface area (Å²) in [6.45, 7) is 1.65. The lowest BCUT2D eigenvalue weighted by Gasteiger charge is -1.99. The molecule has 8 nitrogen and oxygen atoms in total. The molecular weight excluding hydrogens is 380 g/mol. The van der Waals surface area contributed by atoms with E-state index in [-0.39, 0.29) is 10.6 Å². The maximum Gasteiger partial charge on any atom is 0.335 e. The number of carbonyl (C=O) groups excluding carboxylic acids is 1. The second kappa shape index (κ2) is 7.77. The number of thiophene rings is 1. The summed E-state index contributed by atoms with van der Waals surface area (Å²) in [5.74, 6) is -0.664. The number of hydrogen-bond donors (Lipinski definition) is 3. The first-order valence-corrected chi connectivity index (χ1v) is 8.78. The van der Waals surface area contributed by atoms with Gasteiger partial charge in [-0.1, -0.05) is 12.1 Å². The minimum Gasteiger partial charge on any atom is -0.478 e. The number of aromatic carboxylic acids is 1. The molecule has 4 N–H and O–H groups in total. The molecule has 3 rings (SSSR count). The SMILES string of the molecule is Cc1c(C(=O)N/N=C\c2ccc(-c3cccc(C(=O)O)c3)o2)sc(N)c1C#N. The van der Waals surface area contributed by atoms with E-state index in [1.54, 1.807) is 31.2 Å². The molecule has 0 fully saturated rings. The highest BCUT2D eigenvalue weighted by atomic mass is 32.1. The molecule has 0 saturated heterocycles. The molecule has 0 saturated carbocycles. The Labute approximate surface area is 163 Å². The highest BCUT2D eigenvalue weighted by molar-refractivity contribution is 7.18. The van der Waals surface area contributed by atoms with Crippen molar-refractivity contribution in [1.82, 2.24) is 5.43 Å². The Morgan fingerprint density at radius 3 is 2.82 bits per heavy atom. The number of carboxylic acids is 1. The van der Waals surface area contributed by atoms with Gasteiger partial charge in [0.2, 0.25) is 0 Å². The topological polar surface area (TPSA) is 142 Å². The molecule has 0 aliphatic heterocycles. The van der Waals surface area contributed by atoms with Gasteiger partial charge in [0.25, 0.3) is 5.91 Å². The average molecular weight is 394 g/mol. The van der Waals surface area contributed by atoms with Crippen molar-refractivity contribution in [3.63, 3.8) is 0 Å². The van der Waals surface area contributed by atoms with Gasteiger partial charge in [0.05, 0.1) is 17.3 Å². The van der Waals surface area contributed by atoms with Gasteiger partial charge >= 0.3 is 5.97 Å². The average Bonchev–Trinajstić information content (AvgIpc) is 3.26. The van der Waals surface area contributed by atoms with Crippen LogP contribution in [0.15, 0.2) is 45.9 Å². The van der Waals surface area contributed by atoms with Gasteiger partial charge in [-0.05, 0) is 36.8 Å². The number of nitriles is 1. The van der Waals surface area contributed by atoms with Crippen LogP contribution < -0.4 is 11.2 Å². The Hall–Kier alpha value is -3.90. The van der Waals surface area contributed by atoms with Crippen LogP contribution >= 0.6 is 11.3 Å². The van der Waals surface area contributed by atoms with E-state index in [0.717, 1.165) is 11.3 Å². The van der Waals surface area contributed by atoms with Crippen molar-refractivity contribution in [1.29, 1.82) is 5.26 Å². The zero-order chi connectivity index (χ0) is 20.3. The molecule has 0 spiro atoms. The van der Waals surface area contributed by atoms with Crippen molar-refractivity contribution >= 4 is 34.4 Å². The number of nitrogen functional groups attached to an aromatic ring is 1. The lowest BCUT2D eigenvalue weighted by Crippen LogP contribution is -2.17. The van der Waals surface area contributed by atoms with Crippen molar-refractivity contribution in [2.24, 2.45) is 5.10 Å². The number of furan rings is 1. The molecule has 0 atom stereocenters. The summed E-state index contributed by atoms with van der Waals surface area (Å²) in [5, 5.41) is 22.2. The molecule has 0 aliphatic rings. The van der Waals surface area contributed by atoms with Crippen LogP contribution in [-0.2, 0) is 0 Å². The van der Waals surface area contributed by atoms with E-state index in [0.29, 0.717) is 33.1 Å². The van der Waals surface area contributed by atoms with Crippen LogP contribution in [0.25, 0.3) is 11.3 Å². The third-order valence-electron chi connectivity index (χ3n) is 3.87. The van der Waals surface area contributed by atoms with E-state index < -0.39 is 11.9 Å². The van der Waals surface area contributed by atoms with Crippen molar-refractivity contribution in [2.45, 2.75) is 6.92 Å². The van der Waals surface area contributed by atoms with Gasteiger partial charge in [-0.25, -0.2) is 10.2 Å². The Morgan fingerprint density at radius 2 is 2.14 bits per heavy atom. The summed E-state index contributed by atoms with van der Waals surface area (Å²) < 4.78 is 5.60. The molecule has 28 heavy (non-hydrogen) atoms. The van der Waals surface area contributed by atoms with Crippen molar-refractivity contribution in [3.8, 4) is 17.4 Å². The first-order chi connectivity index (χ1) is 13.4. The molecular formula is C19H14N4O4S. The van der Waals surface area contributed by atoms with E-state index in [4.69, 9.17) is 20.5 Å². The fourth-order valence-corrected chi connectivity index (χ4v) is 3.39. The monoisotopic (exact) mass is 394 g/mol. The van der Waals surface area contributed by atoms with Gasteiger partial charge in [-0.2, -0.15) is 10.4 Å². The first kappa shape index (κ1) is 18.9. The van der Waals surface area contributed by atoms with Crippen LogP contribution in [0.2, 0.25) is 0 Å². The van der Waals surface area contributed by atoms with Gasteiger partial charge in [-0.15, -0.1) is 11.3 Å². The standard InChI is InChI=1S/C19H14N4O4S/c1-10-14(8-20)17(21)28-16(10)18(24)23-22-9-13-5-6-15(27-13)11-3-2-4-12(7-11)19(25)26/h2-7,9H,21H2,1H3,(H,23,24)(H,25,26)/b22-9-. The molecule has 2 aromatic heterocycles. The molecule has 2 heterocycles. The fraction of sp³-hybridized carbons (Fsp3) is 0.0526. The maximum atomic E-state index is 12.2. The second-order valence-electron chi connectivity index (χ2n) is 5.69. The number of rotatable bonds is 5. The van der Waals surface area contributed by atoms with Crippen LogP contribution in [0.1, 0.15) is 36.9 Å². The Bertz CT molecular complexity index is 1140. The zero-order valence-electron chi connectivity index (χ0n) is 14.6. The van der Waals surface area contributed by atoms with E-state index in [9.17, 15) is 9.59 Å². The van der Waals surface area contributed by atoms with Crippen LogP contribution in [0.5, 0.6) is 0 Å². The van der Waals surface area contributed by atoms with Crippen LogP contribution in [0.3, 0.4) is 0 Å². The number of benzene rings is 1.